The number of hydrogen-bond donors (Lipinski definition) is 2. The molecule has 2 aromatic carbocycles. The molecule has 168 valence electrons. The minimum atomic E-state index is -4.50. The van der Waals surface area contributed by atoms with Gasteiger partial charge in [0.15, 0.2) is 0 Å². The van der Waals surface area contributed by atoms with Crippen LogP contribution >= 0.6 is 0 Å². The molecule has 0 radical (unpaired) electrons. The van der Waals surface area contributed by atoms with Gasteiger partial charge in [0.1, 0.15) is 11.6 Å². The minimum Gasteiger partial charge on any atom is -0.392 e. The molecule has 1 unspecified atom stereocenters. The molecule has 1 aliphatic heterocycles. The number of rotatable bonds is 3. The summed E-state index contributed by atoms with van der Waals surface area (Å²) in [6.45, 7) is -0.353. The van der Waals surface area contributed by atoms with Crippen LogP contribution in [0.1, 0.15) is 38.7 Å². The van der Waals surface area contributed by atoms with Crippen LogP contribution in [0.2, 0.25) is 0 Å². The quantitative estimate of drug-likeness (QED) is 0.594. The van der Waals surface area contributed by atoms with Crippen LogP contribution in [0.4, 0.5) is 23.4 Å². The van der Waals surface area contributed by atoms with Gasteiger partial charge in [-0.05, 0) is 41.0 Å². The molecule has 0 spiro atoms. The number of halogens is 4. The minimum absolute atomic E-state index is 0.0188. The number of benzene rings is 2. The van der Waals surface area contributed by atoms with E-state index < -0.39 is 29.5 Å². The van der Waals surface area contributed by atoms with Crippen molar-refractivity contribution in [3.8, 4) is 0 Å². The smallest absolute Gasteiger partial charge is 0.392 e. The van der Waals surface area contributed by atoms with Gasteiger partial charge in [-0.3, -0.25) is 4.79 Å². The Labute approximate surface area is 180 Å². The van der Waals surface area contributed by atoms with Crippen LogP contribution in [0.5, 0.6) is 0 Å². The molecule has 4 rings (SSSR count). The molecule has 3 aromatic rings. The second-order valence-electron chi connectivity index (χ2n) is 7.57. The first kappa shape index (κ1) is 22.0. The maximum Gasteiger partial charge on any atom is 0.416 e. The zero-order valence-electron chi connectivity index (χ0n) is 16.9. The van der Waals surface area contributed by atoms with E-state index in [1.165, 1.54) is 30.1 Å². The van der Waals surface area contributed by atoms with Crippen molar-refractivity contribution in [2.45, 2.75) is 25.4 Å². The number of likely N-dealkylation sites (N-methyl/N-ethyl adjacent to an activating group) is 1. The lowest BCUT2D eigenvalue weighted by Gasteiger charge is -2.33. The molecular formula is C22H19F4N3O3. The first-order valence-electron chi connectivity index (χ1n) is 9.64. The van der Waals surface area contributed by atoms with E-state index >= 15 is 0 Å². The topological polar surface area (TPSA) is 88.7 Å². The van der Waals surface area contributed by atoms with Gasteiger partial charge in [0, 0.05) is 18.5 Å². The van der Waals surface area contributed by atoms with Crippen molar-refractivity contribution in [1.82, 2.24) is 9.88 Å². The van der Waals surface area contributed by atoms with Gasteiger partial charge in [-0.1, -0.05) is 6.07 Å². The normalized spacial score (nSPS) is 16.1. The molecule has 1 amide bonds. The maximum absolute atomic E-state index is 14.8. The highest BCUT2D eigenvalue weighted by Gasteiger charge is 2.34. The molecule has 6 nitrogen and oxygen atoms in total. The molecule has 1 aliphatic rings. The Balaban J connectivity index is 1.71. The third-order valence-corrected chi connectivity index (χ3v) is 5.55. The molecule has 10 heteroatoms. The molecule has 3 N–H and O–H groups in total. The Morgan fingerprint density at radius 3 is 2.72 bits per heavy atom. The lowest BCUT2D eigenvalue weighted by atomic mass is 9.95. The van der Waals surface area contributed by atoms with E-state index in [2.05, 4.69) is 4.98 Å². The number of aromatic nitrogens is 1. The molecule has 0 saturated carbocycles. The summed E-state index contributed by atoms with van der Waals surface area (Å²) in [6.07, 6.45) is -4.50. The Kier molecular flexibility index (Phi) is 5.51. The highest BCUT2D eigenvalue weighted by atomic mass is 19.4. The van der Waals surface area contributed by atoms with E-state index in [1.807, 2.05) is 0 Å². The molecule has 32 heavy (non-hydrogen) atoms. The Morgan fingerprint density at radius 1 is 1.28 bits per heavy atom. The van der Waals surface area contributed by atoms with Crippen LogP contribution in [0.3, 0.4) is 0 Å². The summed E-state index contributed by atoms with van der Waals surface area (Å²) in [5.74, 6) is -1.42. The van der Waals surface area contributed by atoms with Crippen molar-refractivity contribution in [3.05, 3.63) is 70.0 Å². The molecular weight excluding hydrogens is 430 g/mol. The number of nitrogens with zero attached hydrogens (tertiary/aromatic N) is 2. The SMILES string of the molecule is CN(C(=O)c1cc2c(CO)cc(N)nc2cc1F)C1COCc2cc(C(F)(F)F)ccc21. The fourth-order valence-corrected chi connectivity index (χ4v) is 3.89. The Bertz CT molecular complexity index is 1210. The number of anilines is 1. The zero-order chi connectivity index (χ0) is 23.2. The fraction of sp³-hybridized carbons (Fsp3) is 0.273. The van der Waals surface area contributed by atoms with Gasteiger partial charge < -0.3 is 20.5 Å². The highest BCUT2D eigenvalue weighted by molar-refractivity contribution is 5.99. The summed E-state index contributed by atoms with van der Waals surface area (Å²) in [6, 6.07) is 6.36. The zero-order valence-corrected chi connectivity index (χ0v) is 16.9. The van der Waals surface area contributed by atoms with Crippen LogP contribution in [0, 0.1) is 5.82 Å². The third kappa shape index (κ3) is 3.87. The van der Waals surface area contributed by atoms with Gasteiger partial charge >= 0.3 is 6.18 Å². The molecule has 2 heterocycles. The number of carbonyl (C=O) groups excluding carboxylic acids is 1. The van der Waals surface area contributed by atoms with Gasteiger partial charge in [0.2, 0.25) is 0 Å². The molecule has 0 fully saturated rings. The van der Waals surface area contributed by atoms with E-state index in [-0.39, 0.29) is 36.7 Å². The van der Waals surface area contributed by atoms with Crippen molar-refractivity contribution in [2.75, 3.05) is 19.4 Å². The Hall–Kier alpha value is -3.24. The van der Waals surface area contributed by atoms with E-state index in [0.29, 0.717) is 22.1 Å². The largest absolute Gasteiger partial charge is 0.416 e. The summed E-state index contributed by atoms with van der Waals surface area (Å²) in [7, 11) is 1.43. The molecule has 0 saturated heterocycles. The molecule has 1 atom stereocenters. The number of pyridine rings is 1. The van der Waals surface area contributed by atoms with Crippen molar-refractivity contribution in [1.29, 1.82) is 0 Å². The number of aliphatic hydroxyl groups excluding tert-OH is 1. The number of alkyl halides is 3. The van der Waals surface area contributed by atoms with E-state index in [4.69, 9.17) is 10.5 Å². The number of fused-ring (bicyclic) bond motifs is 2. The third-order valence-electron chi connectivity index (χ3n) is 5.55. The lowest BCUT2D eigenvalue weighted by molar-refractivity contribution is -0.137. The number of carbonyl (C=O) groups is 1. The van der Waals surface area contributed by atoms with Crippen molar-refractivity contribution < 1.29 is 32.2 Å². The monoisotopic (exact) mass is 449 g/mol. The number of aliphatic hydroxyl groups is 1. The first-order chi connectivity index (χ1) is 15.1. The number of ether oxygens (including phenoxy) is 1. The number of nitrogens with two attached hydrogens (primary N) is 1. The number of amides is 1. The fourth-order valence-electron chi connectivity index (χ4n) is 3.89. The Morgan fingerprint density at radius 2 is 2.03 bits per heavy atom. The van der Waals surface area contributed by atoms with Gasteiger partial charge in [-0.2, -0.15) is 13.2 Å². The van der Waals surface area contributed by atoms with E-state index in [9.17, 15) is 27.5 Å². The summed E-state index contributed by atoms with van der Waals surface area (Å²) in [4.78, 5) is 18.4. The lowest BCUT2D eigenvalue weighted by Crippen LogP contribution is -2.36. The van der Waals surface area contributed by atoms with Gasteiger partial charge in [-0.15, -0.1) is 0 Å². The van der Waals surface area contributed by atoms with Gasteiger partial charge in [0.25, 0.3) is 5.91 Å². The summed E-state index contributed by atoms with van der Waals surface area (Å²) in [5.41, 5.74) is 6.00. The van der Waals surface area contributed by atoms with Crippen LogP contribution in [-0.2, 0) is 24.1 Å². The van der Waals surface area contributed by atoms with E-state index in [1.54, 1.807) is 0 Å². The van der Waals surface area contributed by atoms with Crippen LogP contribution in [0.25, 0.3) is 10.9 Å². The maximum atomic E-state index is 14.8. The highest BCUT2D eigenvalue weighted by Crippen LogP contribution is 2.36. The number of hydrogen-bond acceptors (Lipinski definition) is 5. The van der Waals surface area contributed by atoms with Crippen LogP contribution in [-0.4, -0.2) is 34.6 Å². The first-order valence-corrected chi connectivity index (χ1v) is 9.64. The van der Waals surface area contributed by atoms with Gasteiger partial charge in [0.05, 0.1) is 42.5 Å². The summed E-state index contributed by atoms with van der Waals surface area (Å²) < 4.78 is 59.4. The predicted octanol–water partition coefficient (Wildman–Crippen LogP) is 3.81. The van der Waals surface area contributed by atoms with Gasteiger partial charge in [-0.25, -0.2) is 9.37 Å². The average Bonchev–Trinajstić information content (AvgIpc) is 2.75. The molecule has 0 bridgehead atoms. The van der Waals surface area contributed by atoms with Crippen molar-refractivity contribution in [3.63, 3.8) is 0 Å². The number of nitrogen functional groups attached to an aromatic ring is 1. The second-order valence-corrected chi connectivity index (χ2v) is 7.57. The van der Waals surface area contributed by atoms with Crippen LogP contribution in [0.15, 0.2) is 36.4 Å². The van der Waals surface area contributed by atoms with Crippen molar-refractivity contribution >= 4 is 22.6 Å². The predicted molar refractivity (Wildman–Crippen MR) is 108 cm³/mol. The standard InChI is InChI=1S/C22H19F4N3O3/c1-29(19-10-32-9-12-4-13(22(24,25)26)2-3-14(12)19)21(31)16-6-15-11(8-30)5-20(27)28-18(15)7-17(16)23/h2-7,19,30H,8-10H2,1H3,(H2,27,28). The van der Waals surface area contributed by atoms with Crippen molar-refractivity contribution in [2.24, 2.45) is 0 Å². The average molecular weight is 449 g/mol. The second kappa shape index (κ2) is 8.03. The summed E-state index contributed by atoms with van der Waals surface area (Å²) >= 11 is 0. The summed E-state index contributed by atoms with van der Waals surface area (Å²) in [5, 5.41) is 9.96. The molecule has 1 aromatic heterocycles. The van der Waals surface area contributed by atoms with E-state index in [0.717, 1.165) is 18.2 Å². The van der Waals surface area contributed by atoms with Crippen LogP contribution < -0.4 is 5.73 Å². The molecule has 0 aliphatic carbocycles.